The van der Waals surface area contributed by atoms with E-state index in [0.717, 1.165) is 16.4 Å². The lowest BCUT2D eigenvalue weighted by molar-refractivity contribution is -0.384. The number of amides is 1. The van der Waals surface area contributed by atoms with Gasteiger partial charge in [0.1, 0.15) is 0 Å². The van der Waals surface area contributed by atoms with Crippen LogP contribution in [0.3, 0.4) is 0 Å². The van der Waals surface area contributed by atoms with Gasteiger partial charge in [-0.15, -0.1) is 0 Å². The van der Waals surface area contributed by atoms with Gasteiger partial charge in [-0.3, -0.25) is 14.9 Å². The molecule has 5 nitrogen and oxygen atoms in total. The molecular formula is C14H19IN2O3S. The summed E-state index contributed by atoms with van der Waals surface area (Å²) in [5.74, 6) is 0.935. The third-order valence-electron chi connectivity index (χ3n) is 2.97. The van der Waals surface area contributed by atoms with Crippen molar-refractivity contribution in [3.8, 4) is 0 Å². The Bertz CT molecular complexity index is 497. The van der Waals surface area contributed by atoms with Gasteiger partial charge < -0.3 is 5.32 Å². The van der Waals surface area contributed by atoms with Crippen LogP contribution in [0.4, 0.5) is 5.69 Å². The highest BCUT2D eigenvalue weighted by molar-refractivity contribution is 14.1. The van der Waals surface area contributed by atoms with E-state index >= 15 is 0 Å². The lowest BCUT2D eigenvalue weighted by Gasteiger charge is -2.07. The summed E-state index contributed by atoms with van der Waals surface area (Å²) in [5, 5.41) is 13.6. The average Bonchev–Trinajstić information content (AvgIpc) is 2.46. The largest absolute Gasteiger partial charge is 0.352 e. The van der Waals surface area contributed by atoms with Gasteiger partial charge >= 0.3 is 0 Å². The highest BCUT2D eigenvalue weighted by atomic mass is 127. The van der Waals surface area contributed by atoms with Crippen LogP contribution in [0.1, 0.15) is 36.0 Å². The summed E-state index contributed by atoms with van der Waals surface area (Å²) in [4.78, 5) is 22.3. The Morgan fingerprint density at radius 3 is 2.71 bits per heavy atom. The Morgan fingerprint density at radius 1 is 1.33 bits per heavy atom. The number of non-ortho nitro benzene ring substituents is 1. The molecule has 0 aliphatic carbocycles. The molecule has 0 aromatic heterocycles. The van der Waals surface area contributed by atoms with Crippen molar-refractivity contribution in [1.29, 1.82) is 0 Å². The van der Waals surface area contributed by atoms with E-state index in [1.807, 2.05) is 34.4 Å². The number of carbonyl (C=O) groups excluding carboxylic acids is 1. The molecule has 21 heavy (non-hydrogen) atoms. The quantitative estimate of drug-likeness (QED) is 0.284. The molecule has 0 aliphatic rings. The van der Waals surface area contributed by atoms with E-state index in [9.17, 15) is 14.9 Å². The molecule has 1 N–H and O–H groups in total. The maximum atomic E-state index is 12.0. The van der Waals surface area contributed by atoms with Crippen LogP contribution in [0.5, 0.6) is 0 Å². The normalized spacial score (nSPS) is 10.4. The van der Waals surface area contributed by atoms with Gasteiger partial charge in [0.2, 0.25) is 0 Å². The number of hydrogen-bond acceptors (Lipinski definition) is 4. The van der Waals surface area contributed by atoms with Gasteiger partial charge in [-0.25, -0.2) is 0 Å². The molecule has 0 atom stereocenters. The van der Waals surface area contributed by atoms with Gasteiger partial charge in [0.15, 0.2) is 0 Å². The Labute approximate surface area is 142 Å². The topological polar surface area (TPSA) is 72.2 Å². The number of benzene rings is 1. The van der Waals surface area contributed by atoms with Crippen LogP contribution in [0.2, 0.25) is 0 Å². The zero-order valence-corrected chi connectivity index (χ0v) is 14.9. The molecule has 116 valence electrons. The summed E-state index contributed by atoms with van der Waals surface area (Å²) in [6.07, 6.45) is 6.50. The third kappa shape index (κ3) is 6.64. The number of hydrogen-bond donors (Lipinski definition) is 1. The average molecular weight is 422 g/mol. The number of unbranched alkanes of at least 4 members (excludes halogenated alkanes) is 3. The molecule has 0 bridgehead atoms. The van der Waals surface area contributed by atoms with Crippen molar-refractivity contribution in [2.45, 2.75) is 25.7 Å². The minimum Gasteiger partial charge on any atom is -0.352 e. The first-order valence-electron chi connectivity index (χ1n) is 6.77. The van der Waals surface area contributed by atoms with Crippen molar-refractivity contribution in [3.05, 3.63) is 37.4 Å². The van der Waals surface area contributed by atoms with Crippen molar-refractivity contribution >= 4 is 45.9 Å². The van der Waals surface area contributed by atoms with Crippen molar-refractivity contribution in [2.24, 2.45) is 0 Å². The van der Waals surface area contributed by atoms with Gasteiger partial charge in [0.25, 0.3) is 11.6 Å². The lowest BCUT2D eigenvalue weighted by Crippen LogP contribution is -2.25. The van der Waals surface area contributed by atoms with Crippen molar-refractivity contribution < 1.29 is 9.72 Å². The predicted molar refractivity (Wildman–Crippen MR) is 95.0 cm³/mol. The van der Waals surface area contributed by atoms with Gasteiger partial charge in [-0.1, -0.05) is 12.8 Å². The minimum atomic E-state index is -0.487. The maximum absolute atomic E-state index is 12.0. The summed E-state index contributed by atoms with van der Waals surface area (Å²) in [5.41, 5.74) is 0.310. The molecule has 0 saturated carbocycles. The van der Waals surface area contributed by atoms with Gasteiger partial charge in [0.05, 0.1) is 10.5 Å². The fraction of sp³-hybridized carbons (Fsp3) is 0.500. The highest BCUT2D eigenvalue weighted by Crippen LogP contribution is 2.19. The van der Waals surface area contributed by atoms with Crippen LogP contribution in [-0.4, -0.2) is 29.4 Å². The number of nitrogens with zero attached hydrogens (tertiary/aromatic N) is 1. The van der Waals surface area contributed by atoms with Crippen molar-refractivity contribution in [2.75, 3.05) is 18.6 Å². The molecule has 1 rings (SSSR count). The first kappa shape index (κ1) is 18.2. The smallest absolute Gasteiger partial charge is 0.270 e. The summed E-state index contributed by atoms with van der Waals surface area (Å²) < 4.78 is 0.718. The van der Waals surface area contributed by atoms with E-state index in [1.54, 1.807) is 6.07 Å². The summed E-state index contributed by atoms with van der Waals surface area (Å²) in [6.45, 7) is 0.608. The molecule has 1 aromatic carbocycles. The molecule has 1 aromatic rings. The molecule has 0 unspecified atom stereocenters. The van der Waals surface area contributed by atoms with Crippen LogP contribution in [0.25, 0.3) is 0 Å². The number of halogens is 1. The first-order chi connectivity index (χ1) is 10.1. The monoisotopic (exact) mass is 422 g/mol. The fourth-order valence-corrected chi connectivity index (χ4v) is 2.90. The second-order valence-electron chi connectivity index (χ2n) is 4.58. The number of thioether (sulfide) groups is 1. The van der Waals surface area contributed by atoms with Crippen molar-refractivity contribution in [3.63, 3.8) is 0 Å². The van der Waals surface area contributed by atoms with Crippen LogP contribution in [-0.2, 0) is 0 Å². The summed E-state index contributed by atoms with van der Waals surface area (Å²) >= 11 is 3.86. The molecule has 0 heterocycles. The van der Waals surface area contributed by atoms with Crippen LogP contribution < -0.4 is 5.32 Å². The molecule has 7 heteroatoms. The van der Waals surface area contributed by atoms with E-state index < -0.39 is 4.92 Å². The van der Waals surface area contributed by atoms with Crippen LogP contribution in [0, 0.1) is 13.7 Å². The molecule has 0 saturated heterocycles. The fourth-order valence-electron chi connectivity index (χ4n) is 1.82. The molecule has 0 aliphatic heterocycles. The maximum Gasteiger partial charge on any atom is 0.270 e. The molecule has 0 radical (unpaired) electrons. The van der Waals surface area contributed by atoms with E-state index in [0.29, 0.717) is 12.1 Å². The third-order valence-corrected chi connectivity index (χ3v) is 4.60. The number of nitro groups is 1. The SMILES string of the molecule is CSCCCCCCNC(=O)c1cc([N+](=O)[O-])ccc1I. The zero-order chi connectivity index (χ0) is 15.7. The van der Waals surface area contributed by atoms with Gasteiger partial charge in [-0.2, -0.15) is 11.8 Å². The number of nitro benzene ring substituents is 1. The van der Waals surface area contributed by atoms with Crippen LogP contribution >= 0.6 is 34.4 Å². The molecule has 0 spiro atoms. The van der Waals surface area contributed by atoms with E-state index in [2.05, 4.69) is 11.6 Å². The number of nitrogens with one attached hydrogen (secondary N) is 1. The van der Waals surface area contributed by atoms with E-state index in [4.69, 9.17) is 0 Å². The Kier molecular flexibility index (Phi) is 8.67. The predicted octanol–water partition coefficient (Wildman–Crippen LogP) is 3.85. The summed E-state index contributed by atoms with van der Waals surface area (Å²) in [7, 11) is 0. The van der Waals surface area contributed by atoms with E-state index in [1.165, 1.54) is 30.7 Å². The molecule has 0 fully saturated rings. The second kappa shape index (κ2) is 9.99. The zero-order valence-electron chi connectivity index (χ0n) is 11.9. The second-order valence-corrected chi connectivity index (χ2v) is 6.73. The Hall–Kier alpha value is -0.830. The van der Waals surface area contributed by atoms with Gasteiger partial charge in [-0.05, 0) is 53.5 Å². The number of carbonyl (C=O) groups is 1. The first-order valence-corrected chi connectivity index (χ1v) is 9.24. The molecule has 1 amide bonds. The van der Waals surface area contributed by atoms with E-state index in [-0.39, 0.29) is 11.6 Å². The Balaban J connectivity index is 2.41. The standard InChI is InChI=1S/C14H19IN2O3S/c1-21-9-5-3-2-4-8-16-14(18)12-10-11(17(19)20)6-7-13(12)15/h6-7,10H,2-5,8-9H2,1H3,(H,16,18). The van der Waals surface area contributed by atoms with Crippen LogP contribution in [0.15, 0.2) is 18.2 Å². The minimum absolute atomic E-state index is 0.0577. The highest BCUT2D eigenvalue weighted by Gasteiger charge is 2.14. The number of rotatable bonds is 9. The van der Waals surface area contributed by atoms with Crippen molar-refractivity contribution in [1.82, 2.24) is 5.32 Å². The lowest BCUT2D eigenvalue weighted by atomic mass is 10.1. The summed E-state index contributed by atoms with van der Waals surface area (Å²) in [6, 6.07) is 4.33. The molecular weight excluding hydrogens is 403 g/mol. The van der Waals surface area contributed by atoms with Gasteiger partial charge in [0, 0.05) is 22.2 Å². The Morgan fingerprint density at radius 2 is 2.05 bits per heavy atom.